The molecule has 2 rings (SSSR count). The molecule has 1 N–H and O–H groups in total. The average Bonchev–Trinajstić information content (AvgIpc) is 2.87. The minimum Gasteiger partial charge on any atom is -0.308 e. The van der Waals surface area contributed by atoms with Gasteiger partial charge in [0.05, 0.1) is 21.7 Å². The average molecular weight is 315 g/mol. The summed E-state index contributed by atoms with van der Waals surface area (Å²) in [5, 5.41) is 11.9. The van der Waals surface area contributed by atoms with E-state index in [1.807, 2.05) is 13.2 Å². The summed E-state index contributed by atoms with van der Waals surface area (Å²) in [6.45, 7) is 3.03. The monoisotopic (exact) mass is 314 g/mol. The second-order valence-corrected chi connectivity index (χ2v) is 6.33. The van der Waals surface area contributed by atoms with Gasteiger partial charge >= 0.3 is 0 Å². The van der Waals surface area contributed by atoms with Crippen molar-refractivity contribution in [2.45, 2.75) is 19.4 Å². The van der Waals surface area contributed by atoms with Crippen molar-refractivity contribution in [3.63, 3.8) is 0 Å². The van der Waals surface area contributed by atoms with Gasteiger partial charge in [0.25, 0.3) is 0 Å². The standard InChI is InChI=1S/C11H15BrN4S/c1-3-13-9(10-7-14-16(2)15-10)6-8-4-5-11(12)17-8/h4-5,7,9,13H,3,6H2,1-2H3. The van der Waals surface area contributed by atoms with Crippen molar-refractivity contribution in [2.75, 3.05) is 6.54 Å². The minimum absolute atomic E-state index is 0.235. The number of nitrogens with zero attached hydrogens (tertiary/aromatic N) is 3. The van der Waals surface area contributed by atoms with Crippen molar-refractivity contribution < 1.29 is 0 Å². The van der Waals surface area contributed by atoms with Crippen LogP contribution in [0.3, 0.4) is 0 Å². The molecule has 0 aromatic carbocycles. The minimum atomic E-state index is 0.235. The Kier molecular flexibility index (Phi) is 4.31. The normalized spacial score (nSPS) is 12.9. The molecule has 2 heterocycles. The van der Waals surface area contributed by atoms with Crippen LogP contribution in [0.5, 0.6) is 0 Å². The van der Waals surface area contributed by atoms with Gasteiger partial charge in [-0.15, -0.1) is 11.3 Å². The highest BCUT2D eigenvalue weighted by atomic mass is 79.9. The quantitative estimate of drug-likeness (QED) is 0.922. The summed E-state index contributed by atoms with van der Waals surface area (Å²) < 4.78 is 1.17. The molecule has 0 spiro atoms. The zero-order chi connectivity index (χ0) is 12.3. The van der Waals surface area contributed by atoms with Gasteiger partial charge in [-0.1, -0.05) is 6.92 Å². The molecule has 0 aliphatic heterocycles. The molecule has 2 aromatic heterocycles. The smallest absolute Gasteiger partial charge is 0.0999 e. The van der Waals surface area contributed by atoms with Crippen LogP contribution in [-0.2, 0) is 13.5 Å². The fraction of sp³-hybridized carbons (Fsp3) is 0.455. The van der Waals surface area contributed by atoms with Crippen LogP contribution in [0.2, 0.25) is 0 Å². The molecule has 2 aromatic rings. The van der Waals surface area contributed by atoms with Crippen LogP contribution in [0.15, 0.2) is 22.1 Å². The van der Waals surface area contributed by atoms with Crippen molar-refractivity contribution in [1.82, 2.24) is 20.3 Å². The number of hydrogen-bond acceptors (Lipinski definition) is 4. The van der Waals surface area contributed by atoms with Gasteiger partial charge in [-0.25, -0.2) is 0 Å². The van der Waals surface area contributed by atoms with Gasteiger partial charge in [0.15, 0.2) is 0 Å². The molecule has 4 nitrogen and oxygen atoms in total. The van der Waals surface area contributed by atoms with Crippen molar-refractivity contribution in [3.05, 3.63) is 32.7 Å². The number of hydrogen-bond donors (Lipinski definition) is 1. The number of halogens is 1. The van der Waals surface area contributed by atoms with Gasteiger partial charge in [0.2, 0.25) is 0 Å². The number of nitrogens with one attached hydrogen (secondary N) is 1. The van der Waals surface area contributed by atoms with Crippen LogP contribution in [0.1, 0.15) is 23.5 Å². The Hall–Kier alpha value is -0.720. The van der Waals surface area contributed by atoms with Crippen LogP contribution in [0.25, 0.3) is 0 Å². The van der Waals surface area contributed by atoms with Crippen molar-refractivity contribution in [1.29, 1.82) is 0 Å². The fourth-order valence-electron chi connectivity index (χ4n) is 1.71. The first-order chi connectivity index (χ1) is 8.19. The number of thiophene rings is 1. The summed E-state index contributed by atoms with van der Waals surface area (Å²) in [6, 6.07) is 4.47. The zero-order valence-corrected chi connectivity index (χ0v) is 12.3. The molecule has 0 radical (unpaired) electrons. The molecule has 0 aliphatic carbocycles. The maximum Gasteiger partial charge on any atom is 0.0999 e. The SMILES string of the molecule is CCNC(Cc1ccc(Br)s1)c1cnn(C)n1. The third-order valence-corrected chi connectivity index (χ3v) is 4.10. The lowest BCUT2D eigenvalue weighted by Gasteiger charge is -2.13. The van der Waals surface area contributed by atoms with E-state index in [4.69, 9.17) is 0 Å². The first kappa shape index (κ1) is 12.7. The van der Waals surface area contributed by atoms with Gasteiger partial charge in [-0.3, -0.25) is 0 Å². The Bertz CT molecular complexity index is 479. The van der Waals surface area contributed by atoms with E-state index in [0.717, 1.165) is 18.7 Å². The molecule has 0 fully saturated rings. The van der Waals surface area contributed by atoms with Gasteiger partial charge in [0.1, 0.15) is 0 Å². The van der Waals surface area contributed by atoms with E-state index in [-0.39, 0.29) is 6.04 Å². The Morgan fingerprint density at radius 2 is 2.35 bits per heavy atom. The van der Waals surface area contributed by atoms with Crippen LogP contribution < -0.4 is 5.32 Å². The molecular formula is C11H15BrN4S. The van der Waals surface area contributed by atoms with Crippen molar-refractivity contribution in [3.8, 4) is 0 Å². The van der Waals surface area contributed by atoms with Crippen LogP contribution in [-0.4, -0.2) is 21.5 Å². The topological polar surface area (TPSA) is 42.7 Å². The van der Waals surface area contributed by atoms with Gasteiger partial charge < -0.3 is 5.32 Å². The second-order valence-electron chi connectivity index (χ2n) is 3.78. The lowest BCUT2D eigenvalue weighted by atomic mass is 10.1. The van der Waals surface area contributed by atoms with Gasteiger partial charge in [0, 0.05) is 18.3 Å². The third kappa shape index (κ3) is 3.37. The van der Waals surface area contributed by atoms with Crippen LogP contribution >= 0.6 is 27.3 Å². The van der Waals surface area contributed by atoms with E-state index in [1.165, 1.54) is 8.66 Å². The summed E-state index contributed by atoms with van der Waals surface area (Å²) in [5.41, 5.74) is 0.999. The fourth-order valence-corrected chi connectivity index (χ4v) is 3.24. The molecule has 0 saturated heterocycles. The molecule has 17 heavy (non-hydrogen) atoms. The Morgan fingerprint density at radius 3 is 2.88 bits per heavy atom. The summed E-state index contributed by atoms with van der Waals surface area (Å²) in [5.74, 6) is 0. The molecule has 6 heteroatoms. The Morgan fingerprint density at radius 1 is 1.53 bits per heavy atom. The second kappa shape index (κ2) is 5.75. The molecule has 0 saturated carbocycles. The van der Waals surface area contributed by atoms with Crippen LogP contribution in [0.4, 0.5) is 0 Å². The highest BCUT2D eigenvalue weighted by molar-refractivity contribution is 9.11. The number of rotatable bonds is 5. The molecule has 1 unspecified atom stereocenters. The highest BCUT2D eigenvalue weighted by Crippen LogP contribution is 2.26. The molecule has 0 bridgehead atoms. The molecule has 0 aliphatic rings. The maximum absolute atomic E-state index is 4.37. The first-order valence-corrected chi connectivity index (χ1v) is 7.13. The third-order valence-electron chi connectivity index (χ3n) is 2.46. The van der Waals surface area contributed by atoms with E-state index >= 15 is 0 Å². The molecular weight excluding hydrogens is 300 g/mol. The zero-order valence-electron chi connectivity index (χ0n) is 9.85. The number of likely N-dealkylation sites (N-methyl/N-ethyl adjacent to an activating group) is 1. The Balaban J connectivity index is 2.12. The Labute approximate surface area is 113 Å². The predicted molar refractivity (Wildman–Crippen MR) is 73.1 cm³/mol. The molecule has 1 atom stereocenters. The van der Waals surface area contributed by atoms with E-state index in [2.05, 4.69) is 50.5 Å². The van der Waals surface area contributed by atoms with Gasteiger partial charge in [-0.2, -0.15) is 15.0 Å². The van der Waals surface area contributed by atoms with Crippen molar-refractivity contribution in [2.24, 2.45) is 7.05 Å². The highest BCUT2D eigenvalue weighted by Gasteiger charge is 2.15. The van der Waals surface area contributed by atoms with E-state index in [9.17, 15) is 0 Å². The first-order valence-electron chi connectivity index (χ1n) is 5.53. The number of aromatic nitrogens is 3. The molecule has 0 amide bonds. The van der Waals surface area contributed by atoms with Gasteiger partial charge in [-0.05, 0) is 34.6 Å². The summed E-state index contributed by atoms with van der Waals surface area (Å²) in [7, 11) is 1.84. The van der Waals surface area contributed by atoms with E-state index < -0.39 is 0 Å². The van der Waals surface area contributed by atoms with E-state index in [1.54, 1.807) is 16.1 Å². The summed E-state index contributed by atoms with van der Waals surface area (Å²) in [6.07, 6.45) is 2.78. The summed E-state index contributed by atoms with van der Waals surface area (Å²) >= 11 is 5.25. The summed E-state index contributed by atoms with van der Waals surface area (Å²) in [4.78, 5) is 2.94. The largest absolute Gasteiger partial charge is 0.308 e. The lowest BCUT2D eigenvalue weighted by Crippen LogP contribution is -2.23. The van der Waals surface area contributed by atoms with E-state index in [0.29, 0.717) is 0 Å². The predicted octanol–water partition coefficient (Wildman–Crippen LogP) is 2.53. The lowest BCUT2D eigenvalue weighted by molar-refractivity contribution is 0.527. The number of aryl methyl sites for hydroxylation is 1. The van der Waals surface area contributed by atoms with Crippen LogP contribution in [0, 0.1) is 0 Å². The van der Waals surface area contributed by atoms with Crippen molar-refractivity contribution >= 4 is 27.3 Å². The molecule has 92 valence electrons. The maximum atomic E-state index is 4.37.